The number of aliphatic hydroxyl groups is 1. The first-order chi connectivity index (χ1) is 12.5. The predicted octanol–water partition coefficient (Wildman–Crippen LogP) is 2.32. The van der Waals surface area contributed by atoms with Crippen LogP contribution >= 0.6 is 0 Å². The number of nitrogens with zero attached hydrogens (tertiary/aromatic N) is 3. The topological polar surface area (TPSA) is 88.1 Å². The number of aliphatic hydroxyl groups excluding tert-OH is 1. The molecule has 1 N–H and O–H groups in total. The van der Waals surface area contributed by atoms with Gasteiger partial charge in [0.25, 0.3) is 5.56 Å². The van der Waals surface area contributed by atoms with Crippen molar-refractivity contribution in [3.8, 4) is 11.8 Å². The number of fused-ring (bicyclic) bond motifs is 1. The summed E-state index contributed by atoms with van der Waals surface area (Å²) in [6, 6.07) is 15.5. The van der Waals surface area contributed by atoms with E-state index in [1.54, 1.807) is 13.8 Å². The number of hydrogen-bond acceptors (Lipinski definition) is 5. The molecule has 0 saturated carbocycles. The highest BCUT2D eigenvalue weighted by Gasteiger charge is 2.15. The van der Waals surface area contributed by atoms with Gasteiger partial charge >= 0.3 is 0 Å². The Balaban J connectivity index is 1.71. The SMILES string of the molecule is Cc1nn(C[C@@H](O)COc2ccc3ccccc3c2)c(=O)c(C#N)c1C. The molecule has 0 saturated heterocycles. The summed E-state index contributed by atoms with van der Waals surface area (Å²) in [7, 11) is 0. The summed E-state index contributed by atoms with van der Waals surface area (Å²) >= 11 is 0. The van der Waals surface area contributed by atoms with Crippen molar-refractivity contribution in [3.05, 3.63) is 69.6 Å². The van der Waals surface area contributed by atoms with E-state index in [1.165, 1.54) is 0 Å². The molecular weight excluding hydrogens is 330 g/mol. The molecular formula is C20H19N3O3. The van der Waals surface area contributed by atoms with Crippen molar-refractivity contribution in [1.29, 1.82) is 5.26 Å². The van der Waals surface area contributed by atoms with E-state index in [2.05, 4.69) is 5.10 Å². The van der Waals surface area contributed by atoms with Crippen molar-refractivity contribution >= 4 is 10.8 Å². The Morgan fingerprint density at radius 2 is 1.96 bits per heavy atom. The molecule has 26 heavy (non-hydrogen) atoms. The molecule has 0 fully saturated rings. The summed E-state index contributed by atoms with van der Waals surface area (Å²) in [5.74, 6) is 0.640. The summed E-state index contributed by atoms with van der Waals surface area (Å²) in [6.07, 6.45) is -0.930. The molecule has 2 aromatic carbocycles. The van der Waals surface area contributed by atoms with Gasteiger partial charge in [-0.2, -0.15) is 10.4 Å². The van der Waals surface area contributed by atoms with Crippen molar-refractivity contribution in [2.75, 3.05) is 6.61 Å². The van der Waals surface area contributed by atoms with Crippen LogP contribution in [-0.2, 0) is 6.54 Å². The first kappa shape index (κ1) is 17.6. The average Bonchev–Trinajstić information content (AvgIpc) is 2.65. The maximum atomic E-state index is 12.3. The summed E-state index contributed by atoms with van der Waals surface area (Å²) in [6.45, 7) is 3.39. The second kappa shape index (κ2) is 7.38. The first-order valence-corrected chi connectivity index (χ1v) is 8.27. The maximum Gasteiger partial charge on any atom is 0.285 e. The number of rotatable bonds is 5. The number of benzene rings is 2. The monoisotopic (exact) mass is 349 g/mol. The highest BCUT2D eigenvalue weighted by Crippen LogP contribution is 2.20. The fraction of sp³-hybridized carbons (Fsp3) is 0.250. The number of nitriles is 1. The van der Waals surface area contributed by atoms with Crippen LogP contribution in [0.25, 0.3) is 10.8 Å². The number of hydrogen-bond donors (Lipinski definition) is 1. The van der Waals surface area contributed by atoms with Crippen molar-refractivity contribution < 1.29 is 9.84 Å². The van der Waals surface area contributed by atoms with Crippen LogP contribution in [0.1, 0.15) is 16.8 Å². The molecule has 0 aliphatic heterocycles. The van der Waals surface area contributed by atoms with Gasteiger partial charge in [0.1, 0.15) is 30.1 Å². The van der Waals surface area contributed by atoms with Crippen LogP contribution in [0.15, 0.2) is 47.3 Å². The van der Waals surface area contributed by atoms with Crippen LogP contribution in [0.4, 0.5) is 0 Å². The van der Waals surface area contributed by atoms with E-state index >= 15 is 0 Å². The molecule has 1 atom stereocenters. The third kappa shape index (κ3) is 3.58. The van der Waals surface area contributed by atoms with Gasteiger partial charge in [-0.25, -0.2) is 4.68 Å². The molecule has 0 amide bonds. The van der Waals surface area contributed by atoms with Crippen molar-refractivity contribution in [2.24, 2.45) is 0 Å². The molecule has 0 spiro atoms. The molecule has 6 nitrogen and oxygen atoms in total. The Morgan fingerprint density at radius 1 is 1.23 bits per heavy atom. The van der Waals surface area contributed by atoms with Gasteiger partial charge in [0.05, 0.1) is 12.2 Å². The second-order valence-electron chi connectivity index (χ2n) is 6.16. The zero-order chi connectivity index (χ0) is 18.7. The van der Waals surface area contributed by atoms with Crippen LogP contribution in [0.2, 0.25) is 0 Å². The van der Waals surface area contributed by atoms with Gasteiger partial charge in [0, 0.05) is 0 Å². The van der Waals surface area contributed by atoms with E-state index < -0.39 is 11.7 Å². The Hall–Kier alpha value is -3.17. The van der Waals surface area contributed by atoms with Crippen molar-refractivity contribution in [3.63, 3.8) is 0 Å². The van der Waals surface area contributed by atoms with E-state index in [9.17, 15) is 9.90 Å². The maximum absolute atomic E-state index is 12.3. The van der Waals surface area contributed by atoms with Crippen LogP contribution < -0.4 is 10.3 Å². The van der Waals surface area contributed by atoms with Gasteiger partial charge in [-0.15, -0.1) is 0 Å². The van der Waals surface area contributed by atoms with Gasteiger partial charge in [-0.3, -0.25) is 4.79 Å². The molecule has 3 aromatic rings. The number of ether oxygens (including phenoxy) is 1. The fourth-order valence-corrected chi connectivity index (χ4v) is 2.73. The lowest BCUT2D eigenvalue weighted by molar-refractivity contribution is 0.0878. The third-order valence-electron chi connectivity index (χ3n) is 4.30. The molecule has 1 aromatic heterocycles. The summed E-state index contributed by atoms with van der Waals surface area (Å²) in [4.78, 5) is 12.3. The zero-order valence-corrected chi connectivity index (χ0v) is 14.6. The Morgan fingerprint density at radius 3 is 2.69 bits per heavy atom. The molecule has 0 bridgehead atoms. The van der Waals surface area contributed by atoms with Gasteiger partial charge in [0.15, 0.2) is 0 Å². The fourth-order valence-electron chi connectivity index (χ4n) is 2.73. The first-order valence-electron chi connectivity index (χ1n) is 8.27. The van der Waals surface area contributed by atoms with Gasteiger partial charge < -0.3 is 9.84 Å². The molecule has 0 radical (unpaired) electrons. The van der Waals surface area contributed by atoms with E-state index in [1.807, 2.05) is 48.5 Å². The smallest absolute Gasteiger partial charge is 0.285 e. The van der Waals surface area contributed by atoms with E-state index in [0.29, 0.717) is 17.0 Å². The lowest BCUT2D eigenvalue weighted by Gasteiger charge is -2.15. The highest BCUT2D eigenvalue weighted by molar-refractivity contribution is 5.83. The largest absolute Gasteiger partial charge is 0.491 e. The summed E-state index contributed by atoms with van der Waals surface area (Å²) in [5.41, 5.74) is 0.708. The molecule has 0 unspecified atom stereocenters. The lowest BCUT2D eigenvalue weighted by atomic mass is 10.1. The van der Waals surface area contributed by atoms with Crippen molar-refractivity contribution in [1.82, 2.24) is 9.78 Å². The predicted molar refractivity (Wildman–Crippen MR) is 98.1 cm³/mol. The van der Waals surface area contributed by atoms with Gasteiger partial charge in [-0.05, 0) is 42.3 Å². The molecule has 1 heterocycles. The molecule has 6 heteroatoms. The second-order valence-corrected chi connectivity index (χ2v) is 6.16. The molecule has 132 valence electrons. The highest BCUT2D eigenvalue weighted by atomic mass is 16.5. The summed E-state index contributed by atoms with van der Waals surface area (Å²) < 4.78 is 6.76. The number of aryl methyl sites for hydroxylation is 1. The molecule has 0 aliphatic carbocycles. The Labute approximate surface area is 150 Å². The standard InChI is InChI=1S/C20H19N3O3/c1-13-14(2)22-23(20(25)19(13)10-21)11-17(24)12-26-18-8-7-15-5-3-4-6-16(15)9-18/h3-9,17,24H,11-12H2,1-2H3/t17-/m1/s1. The quantitative estimate of drug-likeness (QED) is 0.764. The minimum Gasteiger partial charge on any atom is -0.491 e. The number of aromatic nitrogens is 2. The van der Waals surface area contributed by atoms with E-state index in [0.717, 1.165) is 15.5 Å². The van der Waals surface area contributed by atoms with Crippen LogP contribution in [0.5, 0.6) is 5.75 Å². The normalized spacial score (nSPS) is 11.9. The van der Waals surface area contributed by atoms with Gasteiger partial charge in [-0.1, -0.05) is 30.3 Å². The van der Waals surface area contributed by atoms with Crippen LogP contribution in [0, 0.1) is 25.2 Å². The van der Waals surface area contributed by atoms with E-state index in [4.69, 9.17) is 10.00 Å². The van der Waals surface area contributed by atoms with Crippen molar-refractivity contribution in [2.45, 2.75) is 26.5 Å². The molecule has 3 rings (SSSR count). The van der Waals surface area contributed by atoms with Crippen LogP contribution in [0.3, 0.4) is 0 Å². The van der Waals surface area contributed by atoms with E-state index in [-0.39, 0.29) is 18.7 Å². The third-order valence-corrected chi connectivity index (χ3v) is 4.30. The Kier molecular flexibility index (Phi) is 5.01. The average molecular weight is 349 g/mol. The van der Waals surface area contributed by atoms with Crippen LogP contribution in [-0.4, -0.2) is 27.6 Å². The minimum atomic E-state index is -0.930. The van der Waals surface area contributed by atoms with Gasteiger partial charge in [0.2, 0.25) is 0 Å². The Bertz CT molecular complexity index is 1050. The molecule has 0 aliphatic rings. The summed E-state index contributed by atoms with van der Waals surface area (Å²) in [5, 5.41) is 25.7. The minimum absolute atomic E-state index is 0.0151. The lowest BCUT2D eigenvalue weighted by Crippen LogP contribution is -2.34. The zero-order valence-electron chi connectivity index (χ0n) is 14.6.